The average Bonchev–Trinajstić information content (AvgIpc) is 2.72. The average molecular weight is 449 g/mol. The van der Waals surface area contributed by atoms with Crippen LogP contribution in [0.2, 0.25) is 10.0 Å². The minimum atomic E-state index is -0.624. The van der Waals surface area contributed by atoms with Crippen LogP contribution < -0.4 is 10.1 Å². The molecule has 30 heavy (non-hydrogen) atoms. The monoisotopic (exact) mass is 448 g/mol. The molecule has 1 N–H and O–H groups in total. The highest BCUT2D eigenvalue weighted by molar-refractivity contribution is 6.35. The third-order valence-corrected chi connectivity index (χ3v) is 6.27. The van der Waals surface area contributed by atoms with Crippen LogP contribution in [0.5, 0.6) is 5.75 Å². The number of hydrogen-bond donors (Lipinski definition) is 1. The van der Waals surface area contributed by atoms with Crippen molar-refractivity contribution in [3.05, 3.63) is 58.1 Å². The van der Waals surface area contributed by atoms with Gasteiger partial charge in [0.05, 0.1) is 12.0 Å². The number of rotatable bonds is 8. The lowest BCUT2D eigenvalue weighted by atomic mass is 9.68. The molecule has 0 unspecified atom stereocenters. The third kappa shape index (κ3) is 5.69. The van der Waals surface area contributed by atoms with Crippen LogP contribution in [0.1, 0.15) is 44.1 Å². The van der Waals surface area contributed by atoms with E-state index in [4.69, 9.17) is 27.9 Å². The summed E-state index contributed by atoms with van der Waals surface area (Å²) in [5.41, 5.74) is 1.00. The Morgan fingerprint density at radius 2 is 1.77 bits per heavy atom. The van der Waals surface area contributed by atoms with Gasteiger partial charge in [-0.05, 0) is 75.3 Å². The second-order valence-electron chi connectivity index (χ2n) is 8.25. The van der Waals surface area contributed by atoms with Gasteiger partial charge in [0, 0.05) is 22.3 Å². The Morgan fingerprint density at radius 1 is 1.07 bits per heavy atom. The van der Waals surface area contributed by atoms with E-state index in [1.165, 1.54) is 0 Å². The molecule has 0 heterocycles. The molecular weight excluding hydrogens is 419 g/mol. The zero-order chi connectivity index (χ0) is 21.6. The summed E-state index contributed by atoms with van der Waals surface area (Å²) in [4.78, 5) is 15.6. The molecule has 0 aliphatic heterocycles. The normalized spacial score (nSPS) is 15.8. The van der Waals surface area contributed by atoms with Crippen LogP contribution in [0, 0.1) is 0 Å². The summed E-state index contributed by atoms with van der Waals surface area (Å²) < 4.78 is 5.78. The molecule has 1 aliphatic rings. The van der Waals surface area contributed by atoms with Crippen molar-refractivity contribution >= 4 is 34.8 Å². The fourth-order valence-corrected chi connectivity index (χ4v) is 4.70. The highest BCUT2D eigenvalue weighted by Crippen LogP contribution is 2.44. The third-order valence-electron chi connectivity index (χ3n) is 5.72. The molecule has 3 rings (SSSR count). The van der Waals surface area contributed by atoms with Gasteiger partial charge < -0.3 is 15.0 Å². The van der Waals surface area contributed by atoms with Crippen LogP contribution in [0.3, 0.4) is 0 Å². The fraction of sp³-hybridized carbons (Fsp3) is 0.458. The molecule has 6 heteroatoms. The molecule has 0 radical (unpaired) electrons. The maximum absolute atomic E-state index is 13.4. The number of benzene rings is 2. The van der Waals surface area contributed by atoms with Crippen molar-refractivity contribution in [2.75, 3.05) is 32.6 Å². The number of anilines is 1. The van der Waals surface area contributed by atoms with E-state index in [1.807, 2.05) is 50.5 Å². The summed E-state index contributed by atoms with van der Waals surface area (Å²) in [5.74, 6) is 0.797. The summed E-state index contributed by atoms with van der Waals surface area (Å²) in [7, 11) is 4.10. The van der Waals surface area contributed by atoms with E-state index in [0.29, 0.717) is 16.7 Å². The minimum Gasteiger partial charge on any atom is -0.494 e. The molecule has 1 aliphatic carbocycles. The molecule has 0 aromatic heterocycles. The van der Waals surface area contributed by atoms with Crippen LogP contribution in [0.15, 0.2) is 42.5 Å². The first-order valence-corrected chi connectivity index (χ1v) is 11.3. The Kier molecular flexibility index (Phi) is 8.04. The number of ether oxygens (including phenoxy) is 1. The van der Waals surface area contributed by atoms with E-state index in [9.17, 15) is 4.79 Å². The van der Waals surface area contributed by atoms with Crippen molar-refractivity contribution < 1.29 is 9.53 Å². The number of carbonyl (C=O) groups excluding carboxylic acids is 1. The minimum absolute atomic E-state index is 0.00826. The smallest absolute Gasteiger partial charge is 0.235 e. The van der Waals surface area contributed by atoms with Crippen molar-refractivity contribution in [2.45, 2.75) is 43.9 Å². The highest BCUT2D eigenvalue weighted by atomic mass is 35.5. The van der Waals surface area contributed by atoms with Gasteiger partial charge in [0.2, 0.25) is 5.91 Å². The SMILES string of the molecule is CN(C)CCCOc1ccc(NC(=O)C2(c3ccc(Cl)cc3Cl)CCCCC2)cc1. The maximum Gasteiger partial charge on any atom is 0.235 e. The Balaban J connectivity index is 1.70. The van der Waals surface area contributed by atoms with Gasteiger partial charge >= 0.3 is 0 Å². The molecule has 0 bridgehead atoms. The summed E-state index contributed by atoms with van der Waals surface area (Å²) in [6, 6.07) is 13.0. The molecule has 2 aromatic carbocycles. The topological polar surface area (TPSA) is 41.6 Å². The molecule has 0 saturated heterocycles. The van der Waals surface area contributed by atoms with Gasteiger partial charge in [-0.15, -0.1) is 0 Å². The fourth-order valence-electron chi connectivity index (χ4n) is 4.11. The first-order valence-electron chi connectivity index (χ1n) is 10.6. The Morgan fingerprint density at radius 3 is 2.40 bits per heavy atom. The zero-order valence-electron chi connectivity index (χ0n) is 17.7. The van der Waals surface area contributed by atoms with Crippen molar-refractivity contribution in [3.8, 4) is 5.75 Å². The lowest BCUT2D eigenvalue weighted by molar-refractivity contribution is -0.122. The first kappa shape index (κ1) is 22.9. The molecule has 2 aromatic rings. The summed E-state index contributed by atoms with van der Waals surface area (Å²) >= 11 is 12.6. The summed E-state index contributed by atoms with van der Waals surface area (Å²) in [5, 5.41) is 4.25. The number of hydrogen-bond acceptors (Lipinski definition) is 3. The molecule has 0 atom stereocenters. The van der Waals surface area contributed by atoms with E-state index in [2.05, 4.69) is 10.2 Å². The van der Waals surface area contributed by atoms with Crippen LogP contribution in [0.25, 0.3) is 0 Å². The van der Waals surface area contributed by atoms with Crippen LogP contribution >= 0.6 is 23.2 Å². The van der Waals surface area contributed by atoms with E-state index in [0.717, 1.165) is 62.1 Å². The van der Waals surface area contributed by atoms with Crippen molar-refractivity contribution in [1.82, 2.24) is 4.90 Å². The maximum atomic E-state index is 13.4. The van der Waals surface area contributed by atoms with Crippen LogP contribution in [0.4, 0.5) is 5.69 Å². The number of nitrogens with zero attached hydrogens (tertiary/aromatic N) is 1. The van der Waals surface area contributed by atoms with E-state index >= 15 is 0 Å². The predicted molar refractivity (Wildman–Crippen MR) is 125 cm³/mol. The highest BCUT2D eigenvalue weighted by Gasteiger charge is 2.42. The molecule has 1 fully saturated rings. The summed E-state index contributed by atoms with van der Waals surface area (Å²) in [6.45, 7) is 1.66. The number of halogens is 2. The van der Waals surface area contributed by atoms with E-state index in [1.54, 1.807) is 6.07 Å². The van der Waals surface area contributed by atoms with Gasteiger partial charge in [0.1, 0.15) is 5.75 Å². The predicted octanol–water partition coefficient (Wildman–Crippen LogP) is 6.16. The standard InChI is InChI=1S/C24H30Cl2N2O2/c1-28(2)15-6-16-30-20-10-8-19(9-11-20)27-23(29)24(13-4-3-5-14-24)21-12-7-18(25)17-22(21)26/h7-12,17H,3-6,13-16H2,1-2H3,(H,27,29). The Hall–Kier alpha value is -1.75. The van der Waals surface area contributed by atoms with Crippen LogP contribution in [-0.4, -0.2) is 38.1 Å². The molecule has 0 spiro atoms. The van der Waals surface area contributed by atoms with Gasteiger partial charge in [-0.3, -0.25) is 4.79 Å². The lowest BCUT2D eigenvalue weighted by Crippen LogP contribution is -2.42. The number of carbonyl (C=O) groups is 1. The van der Waals surface area contributed by atoms with Crippen molar-refractivity contribution in [1.29, 1.82) is 0 Å². The van der Waals surface area contributed by atoms with Crippen molar-refractivity contribution in [2.24, 2.45) is 0 Å². The van der Waals surface area contributed by atoms with Gasteiger partial charge in [-0.2, -0.15) is 0 Å². The van der Waals surface area contributed by atoms with Gasteiger partial charge in [0.15, 0.2) is 0 Å². The Bertz CT molecular complexity index is 847. The van der Waals surface area contributed by atoms with Gasteiger partial charge in [0.25, 0.3) is 0 Å². The van der Waals surface area contributed by atoms with Crippen molar-refractivity contribution in [3.63, 3.8) is 0 Å². The van der Waals surface area contributed by atoms with Gasteiger partial charge in [-0.1, -0.05) is 48.5 Å². The second-order valence-corrected chi connectivity index (χ2v) is 9.09. The van der Waals surface area contributed by atoms with E-state index < -0.39 is 5.41 Å². The lowest BCUT2D eigenvalue weighted by Gasteiger charge is -2.37. The zero-order valence-corrected chi connectivity index (χ0v) is 19.2. The molecule has 1 saturated carbocycles. The molecule has 4 nitrogen and oxygen atoms in total. The van der Waals surface area contributed by atoms with Gasteiger partial charge in [-0.25, -0.2) is 0 Å². The molecular formula is C24H30Cl2N2O2. The molecule has 1 amide bonds. The first-order chi connectivity index (χ1) is 14.4. The van der Waals surface area contributed by atoms with E-state index in [-0.39, 0.29) is 5.91 Å². The quantitative estimate of drug-likeness (QED) is 0.491. The Labute approximate surface area is 189 Å². The number of amides is 1. The van der Waals surface area contributed by atoms with Crippen LogP contribution in [-0.2, 0) is 10.2 Å². The second kappa shape index (κ2) is 10.5. The summed E-state index contributed by atoms with van der Waals surface area (Å²) in [6.07, 6.45) is 5.69. The number of nitrogens with one attached hydrogen (secondary N) is 1. The molecule has 162 valence electrons. The largest absolute Gasteiger partial charge is 0.494 e.